The third-order valence-electron chi connectivity index (χ3n) is 2.50. The predicted octanol–water partition coefficient (Wildman–Crippen LogP) is 0.0135. The number of carbonyl (C=O) groups excluding carboxylic acids is 1. The van der Waals surface area contributed by atoms with Gasteiger partial charge in [-0.15, -0.1) is 24.0 Å². The second-order valence-electron chi connectivity index (χ2n) is 5.80. The molecular weight excluding hydrogens is 433 g/mol. The number of rotatable bonds is 8. The van der Waals surface area contributed by atoms with E-state index in [2.05, 4.69) is 25.7 Å². The molecule has 0 aromatic rings. The molecule has 8 nitrogen and oxygen atoms in total. The summed E-state index contributed by atoms with van der Waals surface area (Å²) in [6.07, 6.45) is 0.619. The minimum Gasteiger partial charge on any atom is -0.356 e. The minimum atomic E-state index is -3.14. The molecule has 0 aliphatic carbocycles. The average Bonchev–Trinajstić information content (AvgIpc) is 2.39. The molecule has 0 unspecified atom stereocenters. The molecule has 0 aliphatic rings. The van der Waals surface area contributed by atoms with E-state index in [0.29, 0.717) is 25.5 Å². The minimum absolute atomic E-state index is 0. The summed E-state index contributed by atoms with van der Waals surface area (Å²) in [5, 5.41) is 8.75. The Morgan fingerprint density at radius 2 is 1.74 bits per heavy atom. The Morgan fingerprint density at radius 3 is 2.22 bits per heavy atom. The fourth-order valence-corrected chi connectivity index (χ4v) is 2.13. The zero-order valence-electron chi connectivity index (χ0n) is 14.5. The van der Waals surface area contributed by atoms with Crippen molar-refractivity contribution >= 4 is 45.9 Å². The van der Waals surface area contributed by atoms with Gasteiger partial charge in [0, 0.05) is 25.7 Å². The van der Waals surface area contributed by atoms with Gasteiger partial charge >= 0.3 is 0 Å². The highest BCUT2D eigenvalue weighted by Crippen LogP contribution is 1.97. The third kappa shape index (κ3) is 14.7. The molecule has 0 aromatic heterocycles. The van der Waals surface area contributed by atoms with Gasteiger partial charge in [-0.3, -0.25) is 9.79 Å². The molecule has 23 heavy (non-hydrogen) atoms. The molecule has 10 heteroatoms. The number of hydrogen-bond acceptors (Lipinski definition) is 4. The number of nitrogens with zero attached hydrogens (tertiary/aromatic N) is 1. The smallest absolute Gasteiger partial charge is 0.239 e. The number of halogens is 1. The summed E-state index contributed by atoms with van der Waals surface area (Å²) in [4.78, 5) is 15.7. The molecule has 0 rings (SSSR count). The fourth-order valence-electron chi connectivity index (χ4n) is 1.47. The molecule has 0 spiro atoms. The zero-order chi connectivity index (χ0) is 17.2. The van der Waals surface area contributed by atoms with Crippen LogP contribution in [-0.2, 0) is 14.8 Å². The van der Waals surface area contributed by atoms with E-state index < -0.39 is 10.0 Å². The maximum absolute atomic E-state index is 11.7. The first-order valence-electron chi connectivity index (χ1n) is 7.32. The van der Waals surface area contributed by atoms with Crippen molar-refractivity contribution in [2.75, 3.05) is 32.4 Å². The van der Waals surface area contributed by atoms with Crippen LogP contribution >= 0.6 is 24.0 Å². The van der Waals surface area contributed by atoms with Gasteiger partial charge in [-0.25, -0.2) is 13.1 Å². The molecule has 0 aliphatic heterocycles. The lowest BCUT2D eigenvalue weighted by atomic mass is 10.1. The van der Waals surface area contributed by atoms with Crippen molar-refractivity contribution in [2.45, 2.75) is 39.7 Å². The molecule has 1 amide bonds. The Labute approximate surface area is 156 Å². The summed E-state index contributed by atoms with van der Waals surface area (Å²) in [6.45, 7) is 8.37. The van der Waals surface area contributed by atoms with Crippen LogP contribution in [0.2, 0.25) is 0 Å². The van der Waals surface area contributed by atoms with Gasteiger partial charge in [0.05, 0.1) is 12.3 Å². The second kappa shape index (κ2) is 11.8. The summed E-state index contributed by atoms with van der Waals surface area (Å²) >= 11 is 0. The number of aliphatic imine (C=N–C) groups is 1. The van der Waals surface area contributed by atoms with Gasteiger partial charge < -0.3 is 16.0 Å². The number of carbonyl (C=O) groups is 1. The number of sulfonamides is 1. The molecule has 0 radical (unpaired) electrons. The SMILES string of the molecule is CCS(=O)(=O)NCCCNC(=NC)NCC(=O)NC(C)(C)C.I. The monoisotopic (exact) mass is 463 g/mol. The van der Waals surface area contributed by atoms with Crippen molar-refractivity contribution in [3.63, 3.8) is 0 Å². The van der Waals surface area contributed by atoms with E-state index in [1.54, 1.807) is 14.0 Å². The maximum atomic E-state index is 11.7. The van der Waals surface area contributed by atoms with Crippen LogP contribution in [0.25, 0.3) is 0 Å². The van der Waals surface area contributed by atoms with E-state index in [-0.39, 0.29) is 47.7 Å². The third-order valence-corrected chi connectivity index (χ3v) is 3.91. The van der Waals surface area contributed by atoms with Gasteiger partial charge in [0.2, 0.25) is 15.9 Å². The lowest BCUT2D eigenvalue weighted by Gasteiger charge is -2.21. The fraction of sp³-hybridized carbons (Fsp3) is 0.846. The molecule has 0 fully saturated rings. The van der Waals surface area contributed by atoms with E-state index >= 15 is 0 Å². The Bertz CT molecular complexity index is 474. The molecule has 0 saturated carbocycles. The number of amides is 1. The van der Waals surface area contributed by atoms with Gasteiger partial charge in [0.1, 0.15) is 0 Å². The lowest BCUT2D eigenvalue weighted by Crippen LogP contribution is -2.48. The number of nitrogens with one attached hydrogen (secondary N) is 4. The van der Waals surface area contributed by atoms with Crippen LogP contribution in [0.3, 0.4) is 0 Å². The first-order chi connectivity index (χ1) is 10.1. The first-order valence-corrected chi connectivity index (χ1v) is 8.97. The van der Waals surface area contributed by atoms with Crippen LogP contribution in [0, 0.1) is 0 Å². The standard InChI is InChI=1S/C13H29N5O3S.HI/c1-6-22(20,21)17-9-7-8-15-12(14-5)16-10-11(19)18-13(2,3)4;/h17H,6-10H2,1-5H3,(H,18,19)(H2,14,15,16);1H. The van der Waals surface area contributed by atoms with E-state index in [9.17, 15) is 13.2 Å². The molecule has 138 valence electrons. The highest BCUT2D eigenvalue weighted by Gasteiger charge is 2.13. The average molecular weight is 463 g/mol. The van der Waals surface area contributed by atoms with Crippen molar-refractivity contribution in [2.24, 2.45) is 4.99 Å². The second-order valence-corrected chi connectivity index (χ2v) is 7.90. The summed E-state index contributed by atoms with van der Waals surface area (Å²) in [5.41, 5.74) is -0.272. The molecule has 0 atom stereocenters. The van der Waals surface area contributed by atoms with Crippen LogP contribution in [-0.4, -0.2) is 58.3 Å². The zero-order valence-corrected chi connectivity index (χ0v) is 17.7. The Balaban J connectivity index is 0. The molecular formula is C13H30IN5O3S. The van der Waals surface area contributed by atoms with Crippen LogP contribution in [0.1, 0.15) is 34.1 Å². The largest absolute Gasteiger partial charge is 0.356 e. The van der Waals surface area contributed by atoms with E-state index in [0.717, 1.165) is 0 Å². The van der Waals surface area contributed by atoms with Crippen LogP contribution in [0.4, 0.5) is 0 Å². The highest BCUT2D eigenvalue weighted by atomic mass is 127. The van der Waals surface area contributed by atoms with Gasteiger partial charge in [-0.2, -0.15) is 0 Å². The Morgan fingerprint density at radius 1 is 1.13 bits per heavy atom. The Hall–Kier alpha value is -0.620. The number of guanidine groups is 1. The molecule has 0 heterocycles. The van der Waals surface area contributed by atoms with E-state index in [1.165, 1.54) is 0 Å². The molecule has 4 N–H and O–H groups in total. The molecule has 0 bridgehead atoms. The van der Waals surface area contributed by atoms with Crippen LogP contribution in [0.15, 0.2) is 4.99 Å². The summed E-state index contributed by atoms with van der Waals surface area (Å²) in [6, 6.07) is 0. The first kappa shape index (κ1) is 24.6. The van der Waals surface area contributed by atoms with Crippen LogP contribution < -0.4 is 20.7 Å². The summed E-state index contributed by atoms with van der Waals surface area (Å²) in [5.74, 6) is 0.459. The van der Waals surface area contributed by atoms with Gasteiger partial charge in [-0.05, 0) is 34.1 Å². The molecule has 0 aromatic carbocycles. The quantitative estimate of drug-likeness (QED) is 0.176. The van der Waals surface area contributed by atoms with Gasteiger partial charge in [0.25, 0.3) is 0 Å². The normalized spacial score (nSPS) is 12.3. The van der Waals surface area contributed by atoms with Crippen molar-refractivity contribution in [3.8, 4) is 0 Å². The molecule has 0 saturated heterocycles. The van der Waals surface area contributed by atoms with E-state index in [4.69, 9.17) is 0 Å². The summed E-state index contributed by atoms with van der Waals surface area (Å²) in [7, 11) is -1.53. The number of hydrogen-bond donors (Lipinski definition) is 4. The highest BCUT2D eigenvalue weighted by molar-refractivity contribution is 14.0. The van der Waals surface area contributed by atoms with Crippen molar-refractivity contribution in [1.29, 1.82) is 0 Å². The predicted molar refractivity (Wildman–Crippen MR) is 105 cm³/mol. The lowest BCUT2D eigenvalue weighted by molar-refractivity contribution is -0.121. The maximum Gasteiger partial charge on any atom is 0.239 e. The van der Waals surface area contributed by atoms with Crippen molar-refractivity contribution in [1.82, 2.24) is 20.7 Å². The Kier molecular flexibility index (Phi) is 12.7. The van der Waals surface area contributed by atoms with Crippen molar-refractivity contribution in [3.05, 3.63) is 0 Å². The van der Waals surface area contributed by atoms with Gasteiger partial charge in [-0.1, -0.05) is 0 Å². The van der Waals surface area contributed by atoms with Gasteiger partial charge in [0.15, 0.2) is 5.96 Å². The van der Waals surface area contributed by atoms with E-state index in [1.807, 2.05) is 20.8 Å². The van der Waals surface area contributed by atoms with Crippen LogP contribution in [0.5, 0.6) is 0 Å². The summed E-state index contributed by atoms with van der Waals surface area (Å²) < 4.78 is 24.9. The topological polar surface area (TPSA) is 112 Å². The van der Waals surface area contributed by atoms with Crippen molar-refractivity contribution < 1.29 is 13.2 Å².